The molecule has 3 nitrogen and oxygen atoms in total. The van der Waals surface area contributed by atoms with Gasteiger partial charge in [-0.15, -0.1) is 0 Å². The minimum atomic E-state index is -0.559. The van der Waals surface area contributed by atoms with Gasteiger partial charge in [0.05, 0.1) is 22.1 Å². The number of benzene rings is 13. The largest absolute Gasteiger partial charge is 0.457 e. The number of nitrogens with zero attached hydrogens (tertiary/aromatic N) is 2. The van der Waals surface area contributed by atoms with E-state index in [1.165, 1.54) is 66.3 Å². The van der Waals surface area contributed by atoms with Gasteiger partial charge < -0.3 is 14.2 Å². The van der Waals surface area contributed by atoms with Crippen LogP contribution in [-0.4, -0.2) is 4.57 Å². The molecule has 0 amide bonds. The van der Waals surface area contributed by atoms with Crippen molar-refractivity contribution in [3.63, 3.8) is 0 Å². The first-order valence-electron chi connectivity index (χ1n) is 28.2. The van der Waals surface area contributed by atoms with Crippen molar-refractivity contribution in [1.82, 2.24) is 4.57 Å². The van der Waals surface area contributed by atoms with Gasteiger partial charge in [-0.2, -0.15) is 0 Å². The van der Waals surface area contributed by atoms with E-state index in [1.54, 1.807) is 0 Å². The fraction of sp³-hybridized carbons (Fsp3) is 0.0127. The Morgan fingerprint density at radius 1 is 0.280 bits per heavy atom. The number of hydrogen-bond donors (Lipinski definition) is 0. The first-order chi connectivity index (χ1) is 40.7. The molecule has 0 fully saturated rings. The normalized spacial score (nSPS) is 12.6. The molecule has 1 aliphatic heterocycles. The maximum Gasteiger partial charge on any atom is 0.132 e. The standard InChI is InChI=1S/C79H52N2O/c1-3-23-54(24-4-1)60-29-7-8-30-62(60)63-31-9-10-32-64(63)67-34-12-17-41-74(67)80(59-28-21-25-56(51-59)61-36-22-37-69-68-35-13-18-42-75(68)81(78(61)69)57-26-5-2-6-27-57)58-48-45-53(46-49-58)55-47-50-66-65-33-11-14-38-70(65)79(73(66)52-55)71-39-15-19-43-76(71)82-77-44-20-16-40-72(77)79/h1-52H. The van der Waals surface area contributed by atoms with Crippen molar-refractivity contribution in [1.29, 1.82) is 0 Å². The monoisotopic (exact) mass is 1040 g/mol. The summed E-state index contributed by atoms with van der Waals surface area (Å²) in [5.41, 5.74) is 25.1. The molecule has 0 bridgehead atoms. The average Bonchev–Trinajstić information content (AvgIpc) is 4.26. The number of fused-ring (bicyclic) bond motifs is 12. The number of hydrogen-bond acceptors (Lipinski definition) is 2. The van der Waals surface area contributed by atoms with E-state index in [0.29, 0.717) is 0 Å². The predicted octanol–water partition coefficient (Wildman–Crippen LogP) is 21.1. The Morgan fingerprint density at radius 3 is 1.54 bits per heavy atom. The molecule has 0 N–H and O–H groups in total. The maximum absolute atomic E-state index is 6.69. The molecule has 1 aliphatic carbocycles. The zero-order valence-corrected chi connectivity index (χ0v) is 44.8. The summed E-state index contributed by atoms with van der Waals surface area (Å²) in [5, 5.41) is 2.45. The summed E-state index contributed by atoms with van der Waals surface area (Å²) in [6.07, 6.45) is 0. The van der Waals surface area contributed by atoms with Gasteiger partial charge in [0.25, 0.3) is 0 Å². The van der Waals surface area contributed by atoms with Crippen LogP contribution in [0.2, 0.25) is 0 Å². The van der Waals surface area contributed by atoms with E-state index in [4.69, 9.17) is 4.74 Å². The zero-order chi connectivity index (χ0) is 54.1. The van der Waals surface area contributed by atoms with Gasteiger partial charge >= 0.3 is 0 Å². The van der Waals surface area contributed by atoms with Crippen molar-refractivity contribution in [3.8, 4) is 83.9 Å². The van der Waals surface area contributed by atoms with Gasteiger partial charge in [0.2, 0.25) is 0 Å². The van der Waals surface area contributed by atoms with E-state index in [9.17, 15) is 0 Å². The molecule has 13 aromatic carbocycles. The van der Waals surface area contributed by atoms with Gasteiger partial charge in [-0.1, -0.05) is 249 Å². The Kier molecular flexibility index (Phi) is 11.1. The van der Waals surface area contributed by atoms with Gasteiger partial charge in [0.1, 0.15) is 11.5 Å². The van der Waals surface area contributed by atoms with E-state index < -0.39 is 5.41 Å². The minimum Gasteiger partial charge on any atom is -0.457 e. The van der Waals surface area contributed by atoms with Gasteiger partial charge in [0, 0.05) is 50.1 Å². The molecule has 0 saturated carbocycles. The van der Waals surface area contributed by atoms with Crippen LogP contribution in [0.15, 0.2) is 315 Å². The molecule has 1 aromatic heterocycles. The highest BCUT2D eigenvalue weighted by molar-refractivity contribution is 6.14. The van der Waals surface area contributed by atoms with Crippen LogP contribution in [0.3, 0.4) is 0 Å². The van der Waals surface area contributed by atoms with Gasteiger partial charge in [-0.25, -0.2) is 0 Å². The Labute approximate surface area is 477 Å². The zero-order valence-electron chi connectivity index (χ0n) is 44.8. The van der Waals surface area contributed by atoms with Crippen molar-refractivity contribution in [3.05, 3.63) is 338 Å². The fourth-order valence-corrected chi connectivity index (χ4v) is 13.6. The molecule has 2 aliphatic rings. The summed E-state index contributed by atoms with van der Waals surface area (Å²) < 4.78 is 9.12. The van der Waals surface area contributed by atoms with E-state index in [2.05, 4.69) is 325 Å². The molecule has 384 valence electrons. The summed E-state index contributed by atoms with van der Waals surface area (Å²) >= 11 is 0. The summed E-state index contributed by atoms with van der Waals surface area (Å²) in [6, 6.07) is 115. The number of aromatic nitrogens is 1. The number of rotatable bonds is 9. The SMILES string of the molecule is c1ccc(-c2ccccc2-c2ccccc2-c2ccccc2N(c2ccc(-c3ccc4c(c3)C3(c5ccccc5Oc5ccccc53)c3ccccc3-4)cc2)c2cccc(-c3cccc4c5ccccc5n(-c5ccccc5)c34)c2)cc1. The van der Waals surface area contributed by atoms with E-state index >= 15 is 0 Å². The maximum atomic E-state index is 6.69. The van der Waals surface area contributed by atoms with Gasteiger partial charge in [0.15, 0.2) is 0 Å². The Balaban J connectivity index is 0.880. The molecule has 0 radical (unpaired) electrons. The first kappa shape index (κ1) is 47.3. The lowest BCUT2D eigenvalue weighted by atomic mass is 9.66. The summed E-state index contributed by atoms with van der Waals surface area (Å²) in [4.78, 5) is 2.46. The topological polar surface area (TPSA) is 17.4 Å². The average molecular weight is 1050 g/mol. The van der Waals surface area contributed by atoms with Crippen molar-refractivity contribution >= 4 is 38.9 Å². The molecule has 0 saturated heterocycles. The third kappa shape index (κ3) is 7.37. The molecule has 16 rings (SSSR count). The van der Waals surface area contributed by atoms with Gasteiger partial charge in [-0.3, -0.25) is 0 Å². The number of para-hydroxylation sites is 6. The van der Waals surface area contributed by atoms with Crippen LogP contribution in [0.1, 0.15) is 22.3 Å². The van der Waals surface area contributed by atoms with Crippen molar-refractivity contribution < 1.29 is 4.74 Å². The van der Waals surface area contributed by atoms with Crippen molar-refractivity contribution in [2.75, 3.05) is 4.90 Å². The Bertz CT molecular complexity index is 4740. The minimum absolute atomic E-state index is 0.559. The highest BCUT2D eigenvalue weighted by atomic mass is 16.5. The fourth-order valence-electron chi connectivity index (χ4n) is 13.6. The Morgan fingerprint density at radius 2 is 0.793 bits per heavy atom. The molecular weight excluding hydrogens is 993 g/mol. The predicted molar refractivity (Wildman–Crippen MR) is 340 cm³/mol. The smallest absolute Gasteiger partial charge is 0.132 e. The van der Waals surface area contributed by atoms with Crippen LogP contribution in [0.25, 0.3) is 94.3 Å². The number of ether oxygens (including phenoxy) is 1. The third-order valence-corrected chi connectivity index (χ3v) is 17.1. The van der Waals surface area contributed by atoms with E-state index in [1.807, 2.05) is 0 Å². The van der Waals surface area contributed by atoms with Crippen LogP contribution < -0.4 is 9.64 Å². The summed E-state index contributed by atoms with van der Waals surface area (Å²) in [6.45, 7) is 0. The molecular formula is C79H52N2O. The van der Waals surface area contributed by atoms with Crippen LogP contribution >= 0.6 is 0 Å². The Hall–Kier alpha value is -10.7. The molecule has 0 atom stereocenters. The van der Waals surface area contributed by atoms with Crippen molar-refractivity contribution in [2.45, 2.75) is 5.41 Å². The number of anilines is 3. The highest BCUT2D eigenvalue weighted by Gasteiger charge is 2.51. The molecule has 1 spiro atoms. The molecule has 0 unspecified atom stereocenters. The van der Waals surface area contributed by atoms with Gasteiger partial charge in [-0.05, 0) is 133 Å². The lowest BCUT2D eigenvalue weighted by molar-refractivity contribution is 0.436. The quantitative estimate of drug-likeness (QED) is 0.143. The van der Waals surface area contributed by atoms with E-state index in [0.717, 1.165) is 78.8 Å². The van der Waals surface area contributed by atoms with Crippen LogP contribution in [0, 0.1) is 0 Å². The summed E-state index contributed by atoms with van der Waals surface area (Å²) in [7, 11) is 0. The second-order valence-electron chi connectivity index (χ2n) is 21.4. The third-order valence-electron chi connectivity index (χ3n) is 17.1. The first-order valence-corrected chi connectivity index (χ1v) is 28.2. The molecule has 3 heteroatoms. The summed E-state index contributed by atoms with van der Waals surface area (Å²) in [5.74, 6) is 1.78. The van der Waals surface area contributed by atoms with E-state index in [-0.39, 0.29) is 0 Å². The second kappa shape index (κ2) is 19.3. The highest BCUT2D eigenvalue weighted by Crippen LogP contribution is 2.62. The lowest BCUT2D eigenvalue weighted by Crippen LogP contribution is -2.32. The second-order valence-corrected chi connectivity index (χ2v) is 21.4. The van der Waals surface area contributed by atoms with Crippen LogP contribution in [0.4, 0.5) is 17.1 Å². The van der Waals surface area contributed by atoms with Crippen LogP contribution in [-0.2, 0) is 5.41 Å². The molecule has 82 heavy (non-hydrogen) atoms. The molecule has 14 aromatic rings. The van der Waals surface area contributed by atoms with Crippen LogP contribution in [0.5, 0.6) is 11.5 Å². The lowest BCUT2D eigenvalue weighted by Gasteiger charge is -2.39. The molecule has 2 heterocycles. The van der Waals surface area contributed by atoms with Crippen molar-refractivity contribution in [2.24, 2.45) is 0 Å².